The first-order chi connectivity index (χ1) is 12.5. The quantitative estimate of drug-likeness (QED) is 0.330. The maximum Gasteiger partial charge on any atom is 0.320 e. The van der Waals surface area contributed by atoms with E-state index in [1.165, 1.54) is 25.7 Å². The minimum Gasteiger partial charge on any atom is -0.458 e. The first kappa shape index (κ1) is 23.9. The molecule has 0 radical (unpaired) electrons. The molecule has 4 nitrogen and oxygen atoms in total. The van der Waals surface area contributed by atoms with Crippen molar-refractivity contribution < 1.29 is 19.1 Å². The second-order valence-corrected chi connectivity index (χ2v) is 9.32. The van der Waals surface area contributed by atoms with Crippen LogP contribution < -0.4 is 0 Å². The van der Waals surface area contributed by atoms with Crippen molar-refractivity contribution in [2.75, 3.05) is 0 Å². The van der Waals surface area contributed by atoms with Gasteiger partial charge in [0.05, 0.1) is 0 Å². The summed E-state index contributed by atoms with van der Waals surface area (Å²) in [6.45, 7) is 3.88. The van der Waals surface area contributed by atoms with Crippen LogP contribution in [0.15, 0.2) is 0 Å². The average molecular weight is 498 g/mol. The van der Waals surface area contributed by atoms with Crippen molar-refractivity contribution in [1.29, 1.82) is 0 Å². The number of ether oxygens (including phenoxy) is 2. The highest BCUT2D eigenvalue weighted by Crippen LogP contribution is 2.24. The van der Waals surface area contributed by atoms with Gasteiger partial charge in [0.1, 0.15) is 21.9 Å². The van der Waals surface area contributed by atoms with Gasteiger partial charge in [-0.1, -0.05) is 84.2 Å². The van der Waals surface area contributed by atoms with E-state index in [9.17, 15) is 9.59 Å². The van der Waals surface area contributed by atoms with Gasteiger partial charge in [-0.3, -0.25) is 9.59 Å². The van der Waals surface area contributed by atoms with Crippen LogP contribution >= 0.6 is 31.9 Å². The number of carbonyl (C=O) groups excluding carboxylic acids is 2. The molecule has 4 unspecified atom stereocenters. The fraction of sp³-hybridized carbons (Fsp3) is 0.900. The zero-order chi connectivity index (χ0) is 19.4. The summed E-state index contributed by atoms with van der Waals surface area (Å²) in [7, 11) is 0. The lowest BCUT2D eigenvalue weighted by atomic mass is 9.97. The lowest BCUT2D eigenvalue weighted by Crippen LogP contribution is -2.38. The molecule has 0 spiro atoms. The largest absolute Gasteiger partial charge is 0.458 e. The number of hydrogen-bond acceptors (Lipinski definition) is 4. The van der Waals surface area contributed by atoms with Crippen molar-refractivity contribution in [3.8, 4) is 0 Å². The van der Waals surface area contributed by atoms with E-state index >= 15 is 0 Å². The Morgan fingerprint density at radius 1 is 0.731 bits per heavy atom. The van der Waals surface area contributed by atoms with Crippen LogP contribution in [-0.4, -0.2) is 33.8 Å². The molecule has 0 heterocycles. The van der Waals surface area contributed by atoms with Gasteiger partial charge in [0, 0.05) is 0 Å². The van der Waals surface area contributed by atoms with Crippen LogP contribution in [0.2, 0.25) is 0 Å². The SMILES string of the molecule is CCC(Br)C(=O)OC1CCCCCCCCCCC1OC(=O)C(Br)CC. The molecule has 1 aliphatic carbocycles. The Balaban J connectivity index is 2.84. The number of rotatable bonds is 6. The third-order valence-corrected chi connectivity index (χ3v) is 6.95. The zero-order valence-corrected chi connectivity index (χ0v) is 19.4. The summed E-state index contributed by atoms with van der Waals surface area (Å²) < 4.78 is 11.6. The van der Waals surface area contributed by atoms with Gasteiger partial charge in [0.25, 0.3) is 0 Å². The van der Waals surface area contributed by atoms with E-state index in [4.69, 9.17) is 9.47 Å². The molecular weight excluding hydrogens is 464 g/mol. The average Bonchev–Trinajstić information content (AvgIpc) is 2.64. The number of carbonyl (C=O) groups is 2. The zero-order valence-electron chi connectivity index (χ0n) is 16.2. The van der Waals surface area contributed by atoms with E-state index < -0.39 is 0 Å². The van der Waals surface area contributed by atoms with E-state index in [2.05, 4.69) is 31.9 Å². The van der Waals surface area contributed by atoms with Crippen LogP contribution in [0.25, 0.3) is 0 Å². The van der Waals surface area contributed by atoms with Crippen LogP contribution in [0, 0.1) is 0 Å². The highest BCUT2D eigenvalue weighted by molar-refractivity contribution is 9.10. The molecule has 0 saturated heterocycles. The summed E-state index contributed by atoms with van der Waals surface area (Å²) >= 11 is 6.74. The Hall–Kier alpha value is -0.100. The molecule has 0 bridgehead atoms. The lowest BCUT2D eigenvalue weighted by Gasteiger charge is -2.29. The number of alkyl halides is 2. The van der Waals surface area contributed by atoms with Crippen LogP contribution in [0.5, 0.6) is 0 Å². The summed E-state index contributed by atoms with van der Waals surface area (Å²) in [4.78, 5) is 24.0. The topological polar surface area (TPSA) is 52.6 Å². The molecule has 0 aliphatic heterocycles. The molecule has 26 heavy (non-hydrogen) atoms. The van der Waals surface area contributed by atoms with Gasteiger partial charge in [-0.15, -0.1) is 0 Å². The van der Waals surface area contributed by atoms with Crippen molar-refractivity contribution in [3.63, 3.8) is 0 Å². The maximum atomic E-state index is 12.3. The molecule has 1 saturated carbocycles. The summed E-state index contributed by atoms with van der Waals surface area (Å²) in [5.74, 6) is -0.506. The van der Waals surface area contributed by atoms with Gasteiger partial charge in [0.2, 0.25) is 0 Å². The van der Waals surface area contributed by atoms with E-state index in [0.29, 0.717) is 12.8 Å². The molecule has 0 N–H and O–H groups in total. The molecule has 0 aromatic heterocycles. The van der Waals surface area contributed by atoms with Crippen LogP contribution in [0.1, 0.15) is 90.9 Å². The third kappa shape index (κ3) is 9.20. The second-order valence-electron chi connectivity index (χ2n) is 7.11. The Morgan fingerprint density at radius 2 is 1.04 bits per heavy atom. The Bertz CT molecular complexity index is 379. The minimum absolute atomic E-state index is 0.253. The molecule has 1 aliphatic rings. The van der Waals surface area contributed by atoms with Crippen LogP contribution in [-0.2, 0) is 19.1 Å². The third-order valence-electron chi connectivity index (χ3n) is 4.91. The fourth-order valence-electron chi connectivity index (χ4n) is 3.17. The number of esters is 2. The van der Waals surface area contributed by atoms with Crippen LogP contribution in [0.3, 0.4) is 0 Å². The van der Waals surface area contributed by atoms with Gasteiger partial charge < -0.3 is 9.47 Å². The van der Waals surface area contributed by atoms with Gasteiger partial charge in [-0.05, 0) is 38.5 Å². The van der Waals surface area contributed by atoms with Gasteiger partial charge in [0.15, 0.2) is 0 Å². The van der Waals surface area contributed by atoms with Crippen molar-refractivity contribution in [2.24, 2.45) is 0 Å². The molecule has 0 aromatic carbocycles. The molecule has 0 aromatic rings. The standard InChI is InChI=1S/C20H34Br2O4/c1-3-15(21)19(23)25-17-13-11-9-7-5-6-8-10-12-14-18(17)26-20(24)16(22)4-2/h15-18H,3-14H2,1-2H3. The smallest absolute Gasteiger partial charge is 0.320 e. The molecule has 1 rings (SSSR count). The second kappa shape index (κ2) is 14.0. The van der Waals surface area contributed by atoms with Crippen molar-refractivity contribution in [3.05, 3.63) is 0 Å². The van der Waals surface area contributed by atoms with Crippen molar-refractivity contribution in [2.45, 2.75) is 113 Å². The summed E-state index contributed by atoms with van der Waals surface area (Å²) in [6.07, 6.45) is 11.4. The molecule has 6 heteroatoms. The van der Waals surface area contributed by atoms with Crippen molar-refractivity contribution >= 4 is 43.8 Å². The Labute approximate surface area is 175 Å². The monoisotopic (exact) mass is 496 g/mol. The van der Waals surface area contributed by atoms with E-state index in [0.717, 1.165) is 38.5 Å². The first-order valence-electron chi connectivity index (χ1n) is 10.2. The summed E-state index contributed by atoms with van der Waals surface area (Å²) in [5.41, 5.74) is 0. The summed E-state index contributed by atoms with van der Waals surface area (Å²) in [6, 6.07) is 0. The van der Waals surface area contributed by atoms with Crippen LogP contribution in [0.4, 0.5) is 0 Å². The highest BCUT2D eigenvalue weighted by Gasteiger charge is 2.31. The molecule has 152 valence electrons. The minimum atomic E-state index is -0.353. The Morgan fingerprint density at radius 3 is 1.35 bits per heavy atom. The van der Waals surface area contributed by atoms with Gasteiger partial charge in [-0.2, -0.15) is 0 Å². The molecule has 4 atom stereocenters. The van der Waals surface area contributed by atoms with Gasteiger partial charge in [-0.25, -0.2) is 0 Å². The first-order valence-corrected chi connectivity index (χ1v) is 12.0. The predicted octanol–water partition coefficient (Wildman–Crippen LogP) is 6.07. The van der Waals surface area contributed by atoms with E-state index in [1.807, 2.05) is 13.8 Å². The molecular formula is C20H34Br2O4. The number of hydrogen-bond donors (Lipinski definition) is 0. The Kier molecular flexibility index (Phi) is 12.9. The lowest BCUT2D eigenvalue weighted by molar-refractivity contribution is -0.168. The fourth-order valence-corrected chi connectivity index (χ4v) is 3.39. The van der Waals surface area contributed by atoms with E-state index in [1.54, 1.807) is 0 Å². The molecule has 1 fully saturated rings. The van der Waals surface area contributed by atoms with Gasteiger partial charge >= 0.3 is 11.9 Å². The van der Waals surface area contributed by atoms with Crippen molar-refractivity contribution in [1.82, 2.24) is 0 Å². The normalized spacial score (nSPS) is 25.2. The maximum absolute atomic E-state index is 12.3. The number of halogens is 2. The molecule has 0 amide bonds. The highest BCUT2D eigenvalue weighted by atomic mass is 79.9. The summed E-state index contributed by atoms with van der Waals surface area (Å²) in [5, 5.41) is 0. The predicted molar refractivity (Wildman–Crippen MR) is 112 cm³/mol. The van der Waals surface area contributed by atoms with E-state index in [-0.39, 0.29) is 33.8 Å².